The van der Waals surface area contributed by atoms with Gasteiger partial charge in [-0.25, -0.2) is 0 Å². The van der Waals surface area contributed by atoms with Gasteiger partial charge in [0.15, 0.2) is 0 Å². The average molecular weight is 339 g/mol. The molecule has 0 aliphatic rings. The van der Waals surface area contributed by atoms with Gasteiger partial charge in [0, 0.05) is 15.5 Å². The third-order valence-corrected chi connectivity index (χ3v) is 3.81. The Bertz CT molecular complexity index is 507. The van der Waals surface area contributed by atoms with Crippen molar-refractivity contribution in [1.82, 2.24) is 0 Å². The summed E-state index contributed by atoms with van der Waals surface area (Å²) in [6, 6.07) is 16.4. The highest BCUT2D eigenvalue weighted by molar-refractivity contribution is 9.10. The van der Waals surface area contributed by atoms with E-state index in [1.54, 1.807) is 0 Å². The lowest BCUT2D eigenvalue weighted by molar-refractivity contribution is 0.611. The van der Waals surface area contributed by atoms with Gasteiger partial charge in [-0.3, -0.25) is 0 Å². The second kappa shape index (κ2) is 7.09. The summed E-state index contributed by atoms with van der Waals surface area (Å²) >= 11 is 9.48. The number of hydrogen-bond acceptors (Lipinski definition) is 1. The van der Waals surface area contributed by atoms with Crippen molar-refractivity contribution in [3.8, 4) is 0 Å². The van der Waals surface area contributed by atoms with Crippen LogP contribution >= 0.6 is 27.5 Å². The van der Waals surface area contributed by atoms with Gasteiger partial charge in [0.1, 0.15) is 0 Å². The highest BCUT2D eigenvalue weighted by atomic mass is 79.9. The molecule has 0 radical (unpaired) electrons. The first kappa shape index (κ1) is 14.6. The minimum Gasteiger partial charge on any atom is -0.324 e. The molecule has 1 atom stereocenters. The van der Waals surface area contributed by atoms with Crippen molar-refractivity contribution >= 4 is 27.5 Å². The predicted molar refractivity (Wildman–Crippen MR) is 85.5 cm³/mol. The van der Waals surface area contributed by atoms with Gasteiger partial charge < -0.3 is 5.73 Å². The Morgan fingerprint density at radius 2 is 1.84 bits per heavy atom. The Hall–Kier alpha value is -0.830. The lowest BCUT2D eigenvalue weighted by Gasteiger charge is -2.13. The smallest absolute Gasteiger partial charge is 0.0420 e. The Morgan fingerprint density at radius 3 is 2.53 bits per heavy atom. The largest absolute Gasteiger partial charge is 0.324 e. The molecule has 0 heterocycles. The van der Waals surface area contributed by atoms with E-state index in [4.69, 9.17) is 17.3 Å². The summed E-state index contributed by atoms with van der Waals surface area (Å²) in [5.74, 6) is 0. The summed E-state index contributed by atoms with van der Waals surface area (Å²) in [4.78, 5) is 0. The number of halogens is 2. The Balaban J connectivity index is 1.89. The van der Waals surface area contributed by atoms with Crippen molar-refractivity contribution in [2.75, 3.05) is 0 Å². The van der Waals surface area contributed by atoms with Gasteiger partial charge >= 0.3 is 0 Å². The van der Waals surface area contributed by atoms with Gasteiger partial charge in [-0.05, 0) is 48.6 Å². The minimum atomic E-state index is 0.0405. The Kier molecular flexibility index (Phi) is 5.44. The van der Waals surface area contributed by atoms with Gasteiger partial charge in [-0.1, -0.05) is 57.9 Å². The van der Waals surface area contributed by atoms with Gasteiger partial charge in [-0.15, -0.1) is 0 Å². The predicted octanol–water partition coefficient (Wildman–Crippen LogP) is 5.13. The normalized spacial score (nSPS) is 12.4. The summed E-state index contributed by atoms with van der Waals surface area (Å²) in [5, 5.41) is 0.725. The molecule has 1 unspecified atom stereocenters. The van der Waals surface area contributed by atoms with E-state index in [0.29, 0.717) is 0 Å². The Labute approximate surface area is 127 Å². The second-order valence-corrected chi connectivity index (χ2v) is 6.04. The van der Waals surface area contributed by atoms with Crippen molar-refractivity contribution in [1.29, 1.82) is 0 Å². The van der Waals surface area contributed by atoms with E-state index >= 15 is 0 Å². The molecule has 0 saturated heterocycles. The topological polar surface area (TPSA) is 26.0 Å². The number of hydrogen-bond donors (Lipinski definition) is 1. The van der Waals surface area contributed by atoms with Crippen LogP contribution in [0.4, 0.5) is 0 Å². The number of benzene rings is 2. The van der Waals surface area contributed by atoms with Crippen molar-refractivity contribution in [2.24, 2.45) is 5.73 Å². The molecule has 0 spiro atoms. The maximum Gasteiger partial charge on any atom is 0.0420 e. The lowest BCUT2D eigenvalue weighted by Crippen LogP contribution is -2.10. The molecule has 0 fully saturated rings. The van der Waals surface area contributed by atoms with Crippen molar-refractivity contribution in [3.63, 3.8) is 0 Å². The monoisotopic (exact) mass is 337 g/mol. The SMILES string of the molecule is NC(CCCc1ccccc1)c1cc(Cl)cc(Br)c1. The van der Waals surface area contributed by atoms with Crippen molar-refractivity contribution < 1.29 is 0 Å². The maximum absolute atomic E-state index is 6.22. The van der Waals surface area contributed by atoms with Crippen LogP contribution < -0.4 is 5.73 Å². The summed E-state index contributed by atoms with van der Waals surface area (Å²) < 4.78 is 0.980. The second-order valence-electron chi connectivity index (χ2n) is 4.69. The molecule has 2 aromatic rings. The van der Waals surface area contributed by atoms with E-state index in [-0.39, 0.29) is 6.04 Å². The summed E-state index contributed by atoms with van der Waals surface area (Å²) in [5.41, 5.74) is 8.67. The van der Waals surface area contributed by atoms with Crippen LogP contribution in [0.1, 0.15) is 30.0 Å². The van der Waals surface area contributed by atoms with E-state index in [2.05, 4.69) is 40.2 Å². The molecule has 2 rings (SSSR count). The van der Waals surface area contributed by atoms with Gasteiger partial charge in [-0.2, -0.15) is 0 Å². The first-order valence-corrected chi connectivity index (χ1v) is 7.58. The molecule has 1 nitrogen and oxygen atoms in total. The molecule has 3 heteroatoms. The summed E-state index contributed by atoms with van der Waals surface area (Å²) in [7, 11) is 0. The highest BCUT2D eigenvalue weighted by Crippen LogP contribution is 2.25. The number of nitrogens with two attached hydrogens (primary N) is 1. The zero-order valence-electron chi connectivity index (χ0n) is 10.7. The Morgan fingerprint density at radius 1 is 1.11 bits per heavy atom. The van der Waals surface area contributed by atoms with Crippen molar-refractivity contribution in [3.05, 3.63) is 69.2 Å². The van der Waals surface area contributed by atoms with Gasteiger partial charge in [0.2, 0.25) is 0 Å². The van der Waals surface area contributed by atoms with Crippen LogP contribution in [0, 0.1) is 0 Å². The van der Waals surface area contributed by atoms with Crippen LogP contribution in [0.5, 0.6) is 0 Å². The fourth-order valence-corrected chi connectivity index (χ4v) is 3.01. The van der Waals surface area contributed by atoms with Gasteiger partial charge in [0.05, 0.1) is 0 Å². The summed E-state index contributed by atoms with van der Waals surface area (Å²) in [6.07, 6.45) is 3.10. The van der Waals surface area contributed by atoms with Crippen LogP contribution in [0.2, 0.25) is 5.02 Å². The molecule has 100 valence electrons. The molecule has 2 aromatic carbocycles. The summed E-state index contributed by atoms with van der Waals surface area (Å²) in [6.45, 7) is 0. The van der Waals surface area contributed by atoms with E-state index in [1.165, 1.54) is 5.56 Å². The average Bonchev–Trinajstić information content (AvgIpc) is 2.38. The zero-order chi connectivity index (χ0) is 13.7. The molecule has 2 N–H and O–H groups in total. The lowest BCUT2D eigenvalue weighted by atomic mass is 10.00. The quantitative estimate of drug-likeness (QED) is 0.804. The molecule has 0 aliphatic carbocycles. The number of rotatable bonds is 5. The first-order valence-electron chi connectivity index (χ1n) is 6.40. The van der Waals surface area contributed by atoms with E-state index in [0.717, 1.165) is 34.3 Å². The number of aryl methyl sites for hydroxylation is 1. The molecule has 0 saturated carbocycles. The fourth-order valence-electron chi connectivity index (χ4n) is 2.13. The van der Waals surface area contributed by atoms with Crippen LogP contribution in [0.15, 0.2) is 53.0 Å². The third-order valence-electron chi connectivity index (χ3n) is 3.14. The van der Waals surface area contributed by atoms with E-state index in [9.17, 15) is 0 Å². The van der Waals surface area contributed by atoms with Crippen LogP contribution in [0.25, 0.3) is 0 Å². The fraction of sp³-hybridized carbons (Fsp3) is 0.250. The first-order chi connectivity index (χ1) is 9.15. The maximum atomic E-state index is 6.22. The molecule has 0 amide bonds. The molecular weight excluding hydrogens is 322 g/mol. The standard InChI is InChI=1S/C16H17BrClN/c17-14-9-13(10-15(18)11-14)16(19)8-4-7-12-5-2-1-3-6-12/h1-3,5-6,9-11,16H,4,7-8,19H2. The third kappa shape index (κ3) is 4.64. The highest BCUT2D eigenvalue weighted by Gasteiger charge is 2.07. The molecule has 0 bridgehead atoms. The minimum absolute atomic E-state index is 0.0405. The van der Waals surface area contributed by atoms with Crippen LogP contribution in [-0.4, -0.2) is 0 Å². The molecule has 0 aliphatic heterocycles. The van der Waals surface area contributed by atoms with E-state index < -0.39 is 0 Å². The molecule has 0 aromatic heterocycles. The van der Waals surface area contributed by atoms with Crippen LogP contribution in [0.3, 0.4) is 0 Å². The van der Waals surface area contributed by atoms with Gasteiger partial charge in [0.25, 0.3) is 0 Å². The molecule has 19 heavy (non-hydrogen) atoms. The van der Waals surface area contributed by atoms with E-state index in [1.807, 2.05) is 24.3 Å². The molecular formula is C16H17BrClN. The zero-order valence-corrected chi connectivity index (χ0v) is 13.0. The van der Waals surface area contributed by atoms with Crippen molar-refractivity contribution in [2.45, 2.75) is 25.3 Å². The van der Waals surface area contributed by atoms with Crippen LogP contribution in [-0.2, 0) is 6.42 Å².